The Bertz CT molecular complexity index is 137. The molecule has 0 saturated carbocycles. The Kier molecular flexibility index (Phi) is 10.2. The quantitative estimate of drug-likeness (QED) is 0.397. The van der Waals surface area contributed by atoms with Crippen LogP contribution in [0.15, 0.2) is 0 Å². The van der Waals surface area contributed by atoms with Crippen molar-refractivity contribution in [1.29, 1.82) is 0 Å². The molecule has 0 rings (SSSR count). The predicted molar refractivity (Wildman–Crippen MR) is 75.8 cm³/mol. The topological polar surface area (TPSA) is 0 Å². The van der Waals surface area contributed by atoms with Crippen molar-refractivity contribution in [3.8, 4) is 0 Å². The fraction of sp³-hybridized carbons (Fsp3) is 1.00. The van der Waals surface area contributed by atoms with Gasteiger partial charge in [0.15, 0.2) is 0 Å². The summed E-state index contributed by atoms with van der Waals surface area (Å²) in [6, 6.07) is 0. The number of unbranched alkanes of at least 4 members (excludes halogenated alkanes) is 2. The van der Waals surface area contributed by atoms with E-state index in [0.717, 1.165) is 17.8 Å². The van der Waals surface area contributed by atoms with Gasteiger partial charge in [0, 0.05) is 0 Å². The van der Waals surface area contributed by atoms with Crippen molar-refractivity contribution in [3.63, 3.8) is 0 Å². The maximum absolute atomic E-state index is 2.39. The Morgan fingerprint density at radius 2 is 1.38 bits per heavy atom. The Hall–Kier alpha value is 0. The molecule has 0 aromatic carbocycles. The van der Waals surface area contributed by atoms with Crippen molar-refractivity contribution >= 4 is 0 Å². The van der Waals surface area contributed by atoms with Gasteiger partial charge in [0.1, 0.15) is 0 Å². The molecule has 0 aliphatic rings. The van der Waals surface area contributed by atoms with E-state index < -0.39 is 0 Å². The lowest BCUT2D eigenvalue weighted by Gasteiger charge is -2.20. The van der Waals surface area contributed by atoms with Gasteiger partial charge in [0.25, 0.3) is 0 Å². The lowest BCUT2D eigenvalue weighted by molar-refractivity contribution is 0.319. The number of hydrogen-bond acceptors (Lipinski definition) is 0. The largest absolute Gasteiger partial charge is 0.0654 e. The highest BCUT2D eigenvalue weighted by Crippen LogP contribution is 2.24. The number of rotatable bonds is 10. The zero-order chi connectivity index (χ0) is 12.4. The summed E-state index contributed by atoms with van der Waals surface area (Å²) < 4.78 is 0. The van der Waals surface area contributed by atoms with Crippen molar-refractivity contribution < 1.29 is 0 Å². The summed E-state index contributed by atoms with van der Waals surface area (Å²) in [5.74, 6) is 2.81. The van der Waals surface area contributed by atoms with Gasteiger partial charge in [-0.1, -0.05) is 86.0 Å². The molecule has 0 spiro atoms. The van der Waals surface area contributed by atoms with Crippen LogP contribution in [0, 0.1) is 17.8 Å². The first kappa shape index (κ1) is 16.0. The fourth-order valence-electron chi connectivity index (χ4n) is 2.46. The minimum atomic E-state index is 0.884. The van der Waals surface area contributed by atoms with Gasteiger partial charge in [-0.3, -0.25) is 0 Å². The van der Waals surface area contributed by atoms with E-state index in [2.05, 4.69) is 34.6 Å². The highest BCUT2D eigenvalue weighted by Gasteiger charge is 2.11. The van der Waals surface area contributed by atoms with Crippen molar-refractivity contribution in [2.75, 3.05) is 0 Å². The Morgan fingerprint density at radius 3 is 1.88 bits per heavy atom. The smallest absolute Gasteiger partial charge is 0.0391 e. The second-order valence-corrected chi connectivity index (χ2v) is 5.94. The summed E-state index contributed by atoms with van der Waals surface area (Å²) in [7, 11) is 0. The SMILES string of the molecule is CCCC(CCCCCC(C)CC)C(C)C. The van der Waals surface area contributed by atoms with Gasteiger partial charge in [-0.2, -0.15) is 0 Å². The summed E-state index contributed by atoms with van der Waals surface area (Å²) in [6.45, 7) is 11.8. The van der Waals surface area contributed by atoms with Crippen LogP contribution in [0.3, 0.4) is 0 Å². The standard InChI is InChI=1S/C16H34/c1-6-11-16(14(3)4)13-10-8-9-12-15(5)7-2/h14-16H,6-13H2,1-5H3. The van der Waals surface area contributed by atoms with Crippen LogP contribution in [0.2, 0.25) is 0 Å². The third kappa shape index (κ3) is 8.19. The van der Waals surface area contributed by atoms with Crippen LogP contribution in [0.1, 0.15) is 86.0 Å². The first-order chi connectivity index (χ1) is 7.61. The molecule has 0 bridgehead atoms. The minimum absolute atomic E-state index is 0.884. The van der Waals surface area contributed by atoms with Gasteiger partial charge in [0.05, 0.1) is 0 Å². The molecule has 0 heterocycles. The summed E-state index contributed by atoms with van der Waals surface area (Å²) in [5.41, 5.74) is 0. The Labute approximate surface area is 104 Å². The highest BCUT2D eigenvalue weighted by atomic mass is 14.2. The van der Waals surface area contributed by atoms with Crippen molar-refractivity contribution in [2.24, 2.45) is 17.8 Å². The van der Waals surface area contributed by atoms with Gasteiger partial charge in [-0.25, -0.2) is 0 Å². The molecule has 0 fully saturated rings. The highest BCUT2D eigenvalue weighted by molar-refractivity contribution is 4.63. The minimum Gasteiger partial charge on any atom is -0.0654 e. The van der Waals surface area contributed by atoms with E-state index in [1.807, 2.05) is 0 Å². The summed E-state index contributed by atoms with van der Waals surface area (Å²) >= 11 is 0. The van der Waals surface area contributed by atoms with Gasteiger partial charge in [-0.15, -0.1) is 0 Å². The molecule has 2 atom stereocenters. The molecule has 0 N–H and O–H groups in total. The van der Waals surface area contributed by atoms with Gasteiger partial charge >= 0.3 is 0 Å². The Morgan fingerprint density at radius 1 is 0.750 bits per heavy atom. The average Bonchev–Trinajstić information content (AvgIpc) is 2.26. The predicted octanol–water partition coefficient (Wildman–Crippen LogP) is 6.06. The molecule has 0 heteroatoms. The fourth-order valence-corrected chi connectivity index (χ4v) is 2.46. The van der Waals surface area contributed by atoms with E-state index in [9.17, 15) is 0 Å². The third-order valence-electron chi connectivity index (χ3n) is 4.07. The molecule has 16 heavy (non-hydrogen) atoms. The molecule has 98 valence electrons. The first-order valence-electron chi connectivity index (χ1n) is 7.61. The van der Waals surface area contributed by atoms with E-state index in [-0.39, 0.29) is 0 Å². The van der Waals surface area contributed by atoms with E-state index in [4.69, 9.17) is 0 Å². The molecular weight excluding hydrogens is 192 g/mol. The van der Waals surface area contributed by atoms with Crippen LogP contribution in [0.4, 0.5) is 0 Å². The monoisotopic (exact) mass is 226 g/mol. The molecule has 0 saturated heterocycles. The average molecular weight is 226 g/mol. The molecule has 0 nitrogen and oxygen atoms in total. The molecule has 0 amide bonds. The second kappa shape index (κ2) is 10.2. The van der Waals surface area contributed by atoms with Crippen LogP contribution in [0.5, 0.6) is 0 Å². The first-order valence-corrected chi connectivity index (χ1v) is 7.61. The van der Waals surface area contributed by atoms with E-state index in [1.165, 1.54) is 51.4 Å². The van der Waals surface area contributed by atoms with Crippen LogP contribution >= 0.6 is 0 Å². The van der Waals surface area contributed by atoms with Gasteiger partial charge in [-0.05, 0) is 17.8 Å². The zero-order valence-electron chi connectivity index (χ0n) is 12.4. The molecule has 0 aliphatic heterocycles. The van der Waals surface area contributed by atoms with Gasteiger partial charge < -0.3 is 0 Å². The number of hydrogen-bond donors (Lipinski definition) is 0. The molecule has 0 aromatic heterocycles. The van der Waals surface area contributed by atoms with Crippen LogP contribution in [0.25, 0.3) is 0 Å². The zero-order valence-corrected chi connectivity index (χ0v) is 12.4. The molecule has 0 aliphatic carbocycles. The van der Waals surface area contributed by atoms with Crippen molar-refractivity contribution in [2.45, 2.75) is 86.0 Å². The van der Waals surface area contributed by atoms with Crippen molar-refractivity contribution in [1.82, 2.24) is 0 Å². The summed E-state index contributed by atoms with van der Waals surface area (Å²) in [5, 5.41) is 0. The van der Waals surface area contributed by atoms with Crippen LogP contribution in [-0.2, 0) is 0 Å². The third-order valence-corrected chi connectivity index (χ3v) is 4.07. The van der Waals surface area contributed by atoms with Gasteiger partial charge in [0.2, 0.25) is 0 Å². The lowest BCUT2D eigenvalue weighted by Crippen LogP contribution is -2.08. The van der Waals surface area contributed by atoms with Crippen LogP contribution < -0.4 is 0 Å². The Balaban J connectivity index is 3.47. The van der Waals surface area contributed by atoms with Crippen LogP contribution in [-0.4, -0.2) is 0 Å². The molecule has 2 unspecified atom stereocenters. The van der Waals surface area contributed by atoms with E-state index >= 15 is 0 Å². The molecule has 0 radical (unpaired) electrons. The lowest BCUT2D eigenvalue weighted by atomic mass is 9.86. The summed E-state index contributed by atoms with van der Waals surface area (Å²) in [4.78, 5) is 0. The summed E-state index contributed by atoms with van der Waals surface area (Å²) in [6.07, 6.45) is 11.4. The maximum Gasteiger partial charge on any atom is -0.0391 e. The molecule has 0 aromatic rings. The molecular formula is C16H34. The normalized spacial score (nSPS) is 15.4. The van der Waals surface area contributed by atoms with E-state index in [0.29, 0.717) is 0 Å². The maximum atomic E-state index is 2.39. The van der Waals surface area contributed by atoms with Crippen molar-refractivity contribution in [3.05, 3.63) is 0 Å². The van der Waals surface area contributed by atoms with E-state index in [1.54, 1.807) is 0 Å². The second-order valence-electron chi connectivity index (χ2n) is 5.94.